The van der Waals surface area contributed by atoms with Gasteiger partial charge in [-0.15, -0.1) is 0 Å². The third-order valence-electron chi connectivity index (χ3n) is 4.76. The molecule has 37 heavy (non-hydrogen) atoms. The molecule has 0 unspecified atom stereocenters. The highest BCUT2D eigenvalue weighted by Gasteiger charge is 2.11. The summed E-state index contributed by atoms with van der Waals surface area (Å²) in [5, 5.41) is 3.46. The van der Waals surface area contributed by atoms with Gasteiger partial charge in [-0.05, 0) is 79.2 Å². The van der Waals surface area contributed by atoms with Crippen LogP contribution >= 0.6 is 39.3 Å². The highest BCUT2D eigenvalue weighted by molar-refractivity contribution is 9.10. The van der Waals surface area contributed by atoms with Gasteiger partial charge in [-0.25, -0.2) is 0 Å². The Balaban J connectivity index is 1.29. The van der Waals surface area contributed by atoms with Gasteiger partial charge in [0.2, 0.25) is 5.91 Å². The molecule has 0 aliphatic heterocycles. The molecule has 0 spiro atoms. The SMILES string of the molecule is O=C(COC(=O)CCCC(=O)Nc1ccc(Sc2ccc(Cl)cc2)cc1)NNC(=O)c1ccc(Br)cc1. The van der Waals surface area contributed by atoms with Gasteiger partial charge in [0.25, 0.3) is 11.8 Å². The van der Waals surface area contributed by atoms with E-state index in [0.717, 1.165) is 14.3 Å². The lowest BCUT2D eigenvalue weighted by atomic mass is 10.2. The molecule has 0 saturated heterocycles. The van der Waals surface area contributed by atoms with E-state index in [4.69, 9.17) is 16.3 Å². The number of nitrogens with one attached hydrogen (secondary N) is 3. The second-order valence-electron chi connectivity index (χ2n) is 7.65. The van der Waals surface area contributed by atoms with Gasteiger partial charge in [0, 0.05) is 43.4 Å². The molecule has 0 aliphatic rings. The van der Waals surface area contributed by atoms with Gasteiger partial charge >= 0.3 is 5.97 Å². The summed E-state index contributed by atoms with van der Waals surface area (Å²) in [7, 11) is 0. The fraction of sp³-hybridized carbons (Fsp3) is 0.154. The van der Waals surface area contributed by atoms with E-state index in [1.54, 1.807) is 48.2 Å². The number of hydrogen-bond donors (Lipinski definition) is 3. The number of esters is 1. The lowest BCUT2D eigenvalue weighted by Crippen LogP contribution is -2.43. The Labute approximate surface area is 231 Å². The summed E-state index contributed by atoms with van der Waals surface area (Å²) in [5.74, 6) is -2.05. The molecule has 0 aliphatic carbocycles. The van der Waals surface area contributed by atoms with Crippen LogP contribution in [0.1, 0.15) is 29.6 Å². The third kappa shape index (κ3) is 10.3. The van der Waals surface area contributed by atoms with E-state index in [-0.39, 0.29) is 25.2 Å². The van der Waals surface area contributed by atoms with Crippen LogP contribution in [0.4, 0.5) is 5.69 Å². The minimum absolute atomic E-state index is 0.0252. The molecule has 0 heterocycles. The summed E-state index contributed by atoms with van der Waals surface area (Å²) in [6, 6.07) is 21.5. The molecular weight excluding hydrogens is 582 g/mol. The molecule has 0 atom stereocenters. The van der Waals surface area contributed by atoms with Gasteiger partial charge in [0.15, 0.2) is 6.61 Å². The number of ether oxygens (including phenoxy) is 1. The molecule has 0 fully saturated rings. The second-order valence-corrected chi connectivity index (χ2v) is 10.2. The second kappa shape index (κ2) is 14.4. The van der Waals surface area contributed by atoms with Crippen LogP contribution in [0.5, 0.6) is 0 Å². The minimum atomic E-state index is -0.686. The van der Waals surface area contributed by atoms with E-state index < -0.39 is 24.4 Å². The van der Waals surface area contributed by atoms with Crippen molar-refractivity contribution in [2.24, 2.45) is 0 Å². The first-order valence-corrected chi connectivity index (χ1v) is 13.1. The maximum Gasteiger partial charge on any atom is 0.306 e. The molecule has 0 bridgehead atoms. The average molecular weight is 605 g/mol. The van der Waals surface area contributed by atoms with Crippen molar-refractivity contribution in [1.29, 1.82) is 0 Å². The summed E-state index contributed by atoms with van der Waals surface area (Å²) in [4.78, 5) is 49.8. The van der Waals surface area contributed by atoms with Crippen LogP contribution in [-0.2, 0) is 19.1 Å². The highest BCUT2D eigenvalue weighted by Crippen LogP contribution is 2.29. The zero-order chi connectivity index (χ0) is 26.6. The van der Waals surface area contributed by atoms with Crippen LogP contribution in [0.15, 0.2) is 87.1 Å². The standard InChI is InChI=1S/C26H23BrClN3O5S/c27-18-6-4-17(5-7-18)26(35)31-30-24(33)16-36-25(34)3-1-2-23(32)29-20-10-14-22(15-11-20)37-21-12-8-19(28)9-13-21/h4-15H,1-3,16H2,(H,29,32)(H,30,33)(H,31,35). The number of carbonyl (C=O) groups excluding carboxylic acids is 4. The molecule has 3 aromatic carbocycles. The monoisotopic (exact) mass is 603 g/mol. The topological polar surface area (TPSA) is 114 Å². The summed E-state index contributed by atoms with van der Waals surface area (Å²) >= 11 is 10.7. The van der Waals surface area contributed by atoms with Crippen molar-refractivity contribution < 1.29 is 23.9 Å². The van der Waals surface area contributed by atoms with Crippen molar-refractivity contribution in [3.8, 4) is 0 Å². The lowest BCUT2D eigenvalue weighted by Gasteiger charge is -2.09. The normalized spacial score (nSPS) is 10.3. The molecule has 0 radical (unpaired) electrons. The summed E-state index contributed by atoms with van der Waals surface area (Å²) in [5.41, 5.74) is 5.41. The van der Waals surface area contributed by atoms with Crippen LogP contribution in [0.2, 0.25) is 5.02 Å². The smallest absolute Gasteiger partial charge is 0.306 e. The number of hydrazine groups is 1. The van der Waals surface area contributed by atoms with E-state index in [2.05, 4.69) is 32.1 Å². The molecule has 8 nitrogen and oxygen atoms in total. The Morgan fingerprint density at radius 3 is 2.05 bits per heavy atom. The average Bonchev–Trinajstić information content (AvgIpc) is 2.89. The molecular formula is C26H23BrClN3O5S. The number of rotatable bonds is 10. The zero-order valence-electron chi connectivity index (χ0n) is 19.5. The largest absolute Gasteiger partial charge is 0.455 e. The van der Waals surface area contributed by atoms with E-state index in [1.165, 1.54) is 0 Å². The first-order chi connectivity index (χ1) is 17.8. The van der Waals surface area contributed by atoms with E-state index >= 15 is 0 Å². The van der Waals surface area contributed by atoms with Crippen LogP contribution in [-0.4, -0.2) is 30.3 Å². The predicted molar refractivity (Wildman–Crippen MR) is 145 cm³/mol. The van der Waals surface area contributed by atoms with E-state index in [9.17, 15) is 19.2 Å². The maximum atomic E-state index is 12.2. The predicted octanol–water partition coefficient (Wildman–Crippen LogP) is 5.37. The lowest BCUT2D eigenvalue weighted by molar-refractivity contribution is -0.148. The fourth-order valence-electron chi connectivity index (χ4n) is 2.92. The molecule has 3 amide bonds. The summed E-state index contributed by atoms with van der Waals surface area (Å²) in [6.07, 6.45) is 0.353. The Bertz CT molecular complexity index is 1240. The van der Waals surface area contributed by atoms with Crippen LogP contribution in [0.3, 0.4) is 0 Å². The van der Waals surface area contributed by atoms with Crippen molar-refractivity contribution in [1.82, 2.24) is 10.9 Å². The molecule has 0 saturated carbocycles. The number of halogens is 2. The number of hydrogen-bond acceptors (Lipinski definition) is 6. The summed E-state index contributed by atoms with van der Waals surface area (Å²) in [6.45, 7) is -0.550. The van der Waals surface area contributed by atoms with Gasteiger partial charge in [0.1, 0.15) is 0 Å². The molecule has 11 heteroatoms. The molecule has 3 aromatic rings. The zero-order valence-corrected chi connectivity index (χ0v) is 22.6. The van der Waals surface area contributed by atoms with Crippen LogP contribution in [0, 0.1) is 0 Å². The molecule has 192 valence electrons. The number of anilines is 1. The van der Waals surface area contributed by atoms with E-state index in [0.29, 0.717) is 16.3 Å². The first-order valence-electron chi connectivity index (χ1n) is 11.1. The van der Waals surface area contributed by atoms with Crippen molar-refractivity contribution in [2.45, 2.75) is 29.1 Å². The fourth-order valence-corrected chi connectivity index (χ4v) is 4.12. The van der Waals surface area contributed by atoms with Crippen LogP contribution < -0.4 is 16.2 Å². The first kappa shape index (κ1) is 28.2. The number of carbonyl (C=O) groups is 4. The van der Waals surface area contributed by atoms with Crippen LogP contribution in [0.25, 0.3) is 0 Å². The number of amides is 3. The quantitative estimate of drug-likeness (QED) is 0.212. The maximum absolute atomic E-state index is 12.2. The summed E-state index contributed by atoms with van der Waals surface area (Å²) < 4.78 is 5.69. The van der Waals surface area contributed by atoms with Crippen molar-refractivity contribution in [3.63, 3.8) is 0 Å². The van der Waals surface area contributed by atoms with Gasteiger partial charge < -0.3 is 10.1 Å². The van der Waals surface area contributed by atoms with Gasteiger partial charge in [-0.3, -0.25) is 30.0 Å². The Morgan fingerprint density at radius 1 is 0.784 bits per heavy atom. The van der Waals surface area contributed by atoms with Crippen molar-refractivity contribution >= 4 is 68.7 Å². The highest BCUT2D eigenvalue weighted by atomic mass is 79.9. The number of benzene rings is 3. The van der Waals surface area contributed by atoms with Gasteiger partial charge in [-0.1, -0.05) is 39.3 Å². The van der Waals surface area contributed by atoms with Gasteiger partial charge in [-0.2, -0.15) is 0 Å². The van der Waals surface area contributed by atoms with Gasteiger partial charge in [0.05, 0.1) is 0 Å². The van der Waals surface area contributed by atoms with E-state index in [1.807, 2.05) is 36.4 Å². The molecule has 3 N–H and O–H groups in total. The molecule has 0 aromatic heterocycles. The van der Waals surface area contributed by atoms with Crippen molar-refractivity contribution in [2.75, 3.05) is 11.9 Å². The Kier molecular flexibility index (Phi) is 11.0. The minimum Gasteiger partial charge on any atom is -0.455 e. The third-order valence-corrected chi connectivity index (χ3v) is 6.55. The van der Waals surface area contributed by atoms with Crippen molar-refractivity contribution in [3.05, 3.63) is 87.9 Å². The Morgan fingerprint density at radius 2 is 1.41 bits per heavy atom. The Hall–Kier alpha value is -3.34. The molecule has 3 rings (SSSR count).